The van der Waals surface area contributed by atoms with Gasteiger partial charge in [0, 0.05) is 71.0 Å². The van der Waals surface area contributed by atoms with Crippen LogP contribution in [0.2, 0.25) is 0 Å². The second-order valence-electron chi connectivity index (χ2n) is 16.7. The second-order valence-corrected chi connectivity index (χ2v) is 16.7. The number of hydrogen-bond acceptors (Lipinski definition) is 5. The average Bonchev–Trinajstić information content (AvgIpc) is 4.06. The molecule has 0 radical (unpaired) electrons. The van der Waals surface area contributed by atoms with Crippen LogP contribution in [0.15, 0.2) is 215 Å². The van der Waals surface area contributed by atoms with Crippen molar-refractivity contribution in [2.75, 3.05) is 0 Å². The highest BCUT2D eigenvalue weighted by atomic mass is 16.3. The fraction of sp³-hybridized carbons (Fsp3) is 0. The lowest BCUT2D eigenvalue weighted by Gasteiger charge is -2.14. The Labute approximate surface area is 371 Å². The topological polar surface area (TPSA) is 69.9 Å². The highest BCUT2D eigenvalue weighted by Gasteiger charge is 2.22. The maximum absolute atomic E-state index is 6.59. The summed E-state index contributed by atoms with van der Waals surface area (Å²) in [5.41, 5.74) is 13.6. The zero-order valence-corrected chi connectivity index (χ0v) is 34.7. The van der Waals surface area contributed by atoms with Gasteiger partial charge in [-0.2, -0.15) is 0 Å². The van der Waals surface area contributed by atoms with E-state index in [0.29, 0.717) is 5.82 Å². The second kappa shape index (κ2) is 13.8. The van der Waals surface area contributed by atoms with Crippen LogP contribution in [0.3, 0.4) is 0 Å². The third-order valence-corrected chi connectivity index (χ3v) is 13.0. The van der Waals surface area contributed by atoms with Crippen molar-refractivity contribution in [2.45, 2.75) is 0 Å². The molecule has 0 atom stereocenters. The number of hydrogen-bond donors (Lipinski definition) is 0. The van der Waals surface area contributed by atoms with Crippen molar-refractivity contribution in [3.05, 3.63) is 206 Å². The standard InChI is InChI=1S/C59H34N4O2/c1-3-15-35(16-4-1)56-55-41(31-32-51-54(55)46-21-7-10-26-50(46)63(51)37-17-5-2-6-18-37)38-30-29-36(33-47(38)60-56)59-61-48(44-24-13-22-42-39-19-8-11-27-52(39)64-57(42)44)34-49(62-59)45-25-14-23-43-40-20-9-12-28-53(40)65-58(43)45/h1-34H. The van der Waals surface area contributed by atoms with E-state index < -0.39 is 0 Å². The number of nitrogens with zero attached hydrogens (tertiary/aromatic N) is 4. The van der Waals surface area contributed by atoms with E-state index in [1.165, 1.54) is 10.8 Å². The van der Waals surface area contributed by atoms with Crippen molar-refractivity contribution in [3.8, 4) is 50.8 Å². The van der Waals surface area contributed by atoms with Gasteiger partial charge in [0.1, 0.15) is 22.3 Å². The first-order valence-electron chi connectivity index (χ1n) is 21.8. The van der Waals surface area contributed by atoms with Crippen molar-refractivity contribution in [1.82, 2.24) is 19.5 Å². The van der Waals surface area contributed by atoms with Crippen LogP contribution < -0.4 is 0 Å². The summed E-state index contributed by atoms with van der Waals surface area (Å²) >= 11 is 0. The molecule has 0 N–H and O–H groups in total. The molecular formula is C59H34N4O2. The largest absolute Gasteiger partial charge is 0.455 e. The Morgan fingerprint density at radius 1 is 0.354 bits per heavy atom. The van der Waals surface area contributed by atoms with E-state index in [1.54, 1.807) is 0 Å². The van der Waals surface area contributed by atoms with Crippen LogP contribution in [-0.2, 0) is 0 Å². The van der Waals surface area contributed by atoms with Gasteiger partial charge in [0.15, 0.2) is 5.82 Å². The molecule has 0 fully saturated rings. The monoisotopic (exact) mass is 830 g/mol. The molecule has 0 saturated heterocycles. The number of furan rings is 2. The van der Waals surface area contributed by atoms with Gasteiger partial charge in [-0.3, -0.25) is 0 Å². The highest BCUT2D eigenvalue weighted by molar-refractivity contribution is 6.28. The number of para-hydroxylation sites is 6. The first-order valence-corrected chi connectivity index (χ1v) is 21.8. The van der Waals surface area contributed by atoms with Gasteiger partial charge in [-0.1, -0.05) is 146 Å². The van der Waals surface area contributed by atoms with Crippen LogP contribution in [0.25, 0.3) is 138 Å². The highest BCUT2D eigenvalue weighted by Crippen LogP contribution is 2.44. The van der Waals surface area contributed by atoms with E-state index >= 15 is 0 Å². The molecule has 0 aliphatic carbocycles. The maximum atomic E-state index is 6.59. The van der Waals surface area contributed by atoms with E-state index in [-0.39, 0.29) is 0 Å². The minimum absolute atomic E-state index is 0.574. The molecule has 0 spiro atoms. The lowest BCUT2D eigenvalue weighted by atomic mass is 9.95. The smallest absolute Gasteiger partial charge is 0.160 e. The van der Waals surface area contributed by atoms with Gasteiger partial charge in [0.2, 0.25) is 0 Å². The Bertz CT molecular complexity index is 4110. The van der Waals surface area contributed by atoms with Gasteiger partial charge in [-0.15, -0.1) is 0 Å². The van der Waals surface area contributed by atoms with Crippen molar-refractivity contribution in [3.63, 3.8) is 0 Å². The molecule has 14 aromatic rings. The lowest BCUT2D eigenvalue weighted by molar-refractivity contribution is 0.669. The molecular weight excluding hydrogens is 797 g/mol. The van der Waals surface area contributed by atoms with Gasteiger partial charge in [0.25, 0.3) is 0 Å². The summed E-state index contributed by atoms with van der Waals surface area (Å²) in [6.45, 7) is 0. The summed E-state index contributed by atoms with van der Waals surface area (Å²) < 4.78 is 15.5. The fourth-order valence-corrected chi connectivity index (χ4v) is 10.1. The normalized spacial score (nSPS) is 12.0. The Hall–Kier alpha value is -8.87. The maximum Gasteiger partial charge on any atom is 0.160 e. The van der Waals surface area contributed by atoms with E-state index in [9.17, 15) is 0 Å². The molecule has 5 heterocycles. The van der Waals surface area contributed by atoms with Crippen LogP contribution in [0.5, 0.6) is 0 Å². The zero-order chi connectivity index (χ0) is 42.6. The molecule has 0 aliphatic heterocycles. The molecule has 0 bridgehead atoms. The van der Waals surface area contributed by atoms with Gasteiger partial charge in [0.05, 0.1) is 33.6 Å². The minimum atomic E-state index is 0.574. The van der Waals surface area contributed by atoms with Gasteiger partial charge in [-0.25, -0.2) is 15.0 Å². The number of benzene rings is 9. The van der Waals surface area contributed by atoms with Crippen molar-refractivity contribution in [1.29, 1.82) is 0 Å². The molecule has 9 aromatic carbocycles. The van der Waals surface area contributed by atoms with Crippen LogP contribution >= 0.6 is 0 Å². The lowest BCUT2D eigenvalue weighted by Crippen LogP contribution is -1.97. The SMILES string of the molecule is c1ccc(-c2nc3cc(-c4nc(-c5cccc6c5oc5ccccc56)cc(-c5cccc6c5oc5ccccc56)n4)ccc3c3ccc4c(c5ccccc5n4-c4ccccc4)c23)cc1. The molecule has 0 aliphatic rings. The Kier molecular flexibility index (Phi) is 7.59. The predicted octanol–water partition coefficient (Wildman–Crippen LogP) is 15.7. The first-order chi connectivity index (χ1) is 32.2. The number of aromatic nitrogens is 4. The number of pyridine rings is 1. The molecule has 0 unspecified atom stereocenters. The molecule has 6 nitrogen and oxygen atoms in total. The third-order valence-electron chi connectivity index (χ3n) is 13.0. The quantitative estimate of drug-likeness (QED) is 0.162. The van der Waals surface area contributed by atoms with Crippen LogP contribution in [0, 0.1) is 0 Å². The van der Waals surface area contributed by atoms with Crippen molar-refractivity contribution in [2.24, 2.45) is 0 Å². The van der Waals surface area contributed by atoms with E-state index in [4.69, 9.17) is 23.8 Å². The summed E-state index contributed by atoms with van der Waals surface area (Å²) in [7, 11) is 0. The fourth-order valence-electron chi connectivity index (χ4n) is 10.1. The van der Waals surface area contributed by atoms with E-state index in [1.807, 2.05) is 36.4 Å². The summed E-state index contributed by atoms with van der Waals surface area (Å²) in [5.74, 6) is 0.574. The zero-order valence-electron chi connectivity index (χ0n) is 34.7. The van der Waals surface area contributed by atoms with Crippen molar-refractivity contribution >= 4 is 87.4 Å². The molecule has 6 heteroatoms. The molecule has 0 saturated carbocycles. The average molecular weight is 831 g/mol. The Balaban J connectivity index is 1.04. The van der Waals surface area contributed by atoms with E-state index in [0.717, 1.165) is 122 Å². The van der Waals surface area contributed by atoms with E-state index in [2.05, 4.69) is 174 Å². The van der Waals surface area contributed by atoms with Crippen LogP contribution in [0.1, 0.15) is 0 Å². The Morgan fingerprint density at radius 2 is 0.923 bits per heavy atom. The predicted molar refractivity (Wildman–Crippen MR) is 265 cm³/mol. The molecule has 65 heavy (non-hydrogen) atoms. The molecule has 0 amide bonds. The minimum Gasteiger partial charge on any atom is -0.455 e. The summed E-state index contributed by atoms with van der Waals surface area (Å²) in [4.78, 5) is 16.3. The van der Waals surface area contributed by atoms with Crippen LogP contribution in [-0.4, -0.2) is 19.5 Å². The summed E-state index contributed by atoms with van der Waals surface area (Å²) in [6, 6.07) is 71.8. The van der Waals surface area contributed by atoms with Gasteiger partial charge in [-0.05, 0) is 66.0 Å². The van der Waals surface area contributed by atoms with Gasteiger partial charge >= 0.3 is 0 Å². The van der Waals surface area contributed by atoms with Gasteiger partial charge < -0.3 is 13.4 Å². The first kappa shape index (κ1) is 35.7. The molecule has 5 aromatic heterocycles. The van der Waals surface area contributed by atoms with Crippen molar-refractivity contribution < 1.29 is 8.83 Å². The number of fused-ring (bicyclic) bond motifs is 13. The summed E-state index contributed by atoms with van der Waals surface area (Å²) in [6.07, 6.45) is 0. The number of rotatable bonds is 5. The summed E-state index contributed by atoms with van der Waals surface area (Å²) in [5, 5.41) is 9.88. The van der Waals surface area contributed by atoms with Crippen LogP contribution in [0.4, 0.5) is 0 Å². The molecule has 302 valence electrons. The molecule has 14 rings (SSSR count). The third kappa shape index (κ3) is 5.38. The Morgan fingerprint density at radius 3 is 1.60 bits per heavy atom.